The zero-order chi connectivity index (χ0) is 19.3. The van der Waals surface area contributed by atoms with Crippen molar-refractivity contribution in [2.24, 2.45) is 5.92 Å². The molecule has 0 fully saturated rings. The first-order chi connectivity index (χ1) is 13.8. The third-order valence-electron chi connectivity index (χ3n) is 5.82. The first-order valence-electron chi connectivity index (χ1n) is 10.4. The molecular weight excluding hydrogens is 356 g/mol. The number of allylic oxidation sites excluding steroid dienone is 1. The van der Waals surface area contributed by atoms with Crippen LogP contribution >= 0.6 is 11.8 Å². The predicted octanol–water partition coefficient (Wildman–Crippen LogP) is 8.71. The summed E-state index contributed by atoms with van der Waals surface area (Å²) < 4.78 is 0. The van der Waals surface area contributed by atoms with Gasteiger partial charge in [-0.15, -0.1) is 11.8 Å². The van der Waals surface area contributed by atoms with Gasteiger partial charge in [0.25, 0.3) is 0 Å². The van der Waals surface area contributed by atoms with Gasteiger partial charge in [0.15, 0.2) is 0 Å². The number of thioether (sulfide) groups is 1. The highest BCUT2D eigenvalue weighted by Crippen LogP contribution is 2.36. The van der Waals surface area contributed by atoms with E-state index in [2.05, 4.69) is 79.6 Å². The summed E-state index contributed by atoms with van der Waals surface area (Å²) in [6, 6.07) is 20.4. The molecule has 1 heteroatoms. The highest BCUT2D eigenvalue weighted by Gasteiger charge is 2.11. The maximum atomic E-state index is 3.78. The summed E-state index contributed by atoms with van der Waals surface area (Å²) in [4.78, 5) is 0. The SMILES string of the molecule is C=CS/C=C\C(CCC)CCCc1ccc2ccc3cccc4ccc1c2c34. The van der Waals surface area contributed by atoms with Gasteiger partial charge in [-0.3, -0.25) is 0 Å². The topological polar surface area (TPSA) is 0 Å². The average molecular weight is 385 g/mol. The van der Waals surface area contributed by atoms with Gasteiger partial charge in [0, 0.05) is 0 Å². The highest BCUT2D eigenvalue weighted by atomic mass is 32.2. The van der Waals surface area contributed by atoms with E-state index < -0.39 is 0 Å². The lowest BCUT2D eigenvalue weighted by Gasteiger charge is -2.15. The largest absolute Gasteiger partial charge is 0.107 e. The van der Waals surface area contributed by atoms with Crippen molar-refractivity contribution < 1.29 is 0 Å². The number of rotatable bonds is 9. The average Bonchev–Trinajstić information content (AvgIpc) is 2.73. The van der Waals surface area contributed by atoms with Crippen LogP contribution in [-0.2, 0) is 6.42 Å². The molecule has 0 aromatic heterocycles. The van der Waals surface area contributed by atoms with E-state index in [0.717, 1.165) is 6.42 Å². The van der Waals surface area contributed by atoms with Gasteiger partial charge in [-0.2, -0.15) is 0 Å². The molecule has 0 saturated heterocycles. The summed E-state index contributed by atoms with van der Waals surface area (Å²) in [6.45, 7) is 6.06. The van der Waals surface area contributed by atoms with Gasteiger partial charge in [-0.25, -0.2) is 0 Å². The van der Waals surface area contributed by atoms with Crippen molar-refractivity contribution in [2.75, 3.05) is 0 Å². The van der Waals surface area contributed by atoms with Gasteiger partial charge in [0.2, 0.25) is 0 Å². The molecule has 1 atom stereocenters. The molecule has 0 aliphatic heterocycles. The molecule has 0 nitrogen and oxygen atoms in total. The van der Waals surface area contributed by atoms with E-state index in [4.69, 9.17) is 0 Å². The van der Waals surface area contributed by atoms with Crippen LogP contribution in [0.25, 0.3) is 32.3 Å². The summed E-state index contributed by atoms with van der Waals surface area (Å²) in [5.74, 6) is 0.678. The first kappa shape index (κ1) is 19.1. The van der Waals surface area contributed by atoms with Crippen molar-refractivity contribution in [3.05, 3.63) is 83.6 Å². The summed E-state index contributed by atoms with van der Waals surface area (Å²) >= 11 is 1.68. The molecule has 4 rings (SSSR count). The van der Waals surface area contributed by atoms with Crippen molar-refractivity contribution in [2.45, 2.75) is 39.0 Å². The minimum atomic E-state index is 0.678. The van der Waals surface area contributed by atoms with Crippen LogP contribution in [0.3, 0.4) is 0 Å². The van der Waals surface area contributed by atoms with Gasteiger partial charge in [-0.1, -0.05) is 80.6 Å². The summed E-state index contributed by atoms with van der Waals surface area (Å²) in [5, 5.41) is 12.4. The third kappa shape index (κ3) is 3.82. The Balaban J connectivity index is 1.59. The summed E-state index contributed by atoms with van der Waals surface area (Å²) in [6.07, 6.45) is 8.53. The molecule has 0 N–H and O–H groups in total. The van der Waals surface area contributed by atoms with E-state index >= 15 is 0 Å². The molecule has 0 bridgehead atoms. The molecule has 0 heterocycles. The van der Waals surface area contributed by atoms with Crippen LogP contribution in [0.2, 0.25) is 0 Å². The highest BCUT2D eigenvalue weighted by molar-refractivity contribution is 8.04. The predicted molar refractivity (Wildman–Crippen MR) is 128 cm³/mol. The van der Waals surface area contributed by atoms with Crippen molar-refractivity contribution >= 4 is 44.1 Å². The maximum Gasteiger partial charge on any atom is -0.00240 e. The Morgan fingerprint density at radius 2 is 1.61 bits per heavy atom. The molecule has 0 saturated carbocycles. The molecule has 0 spiro atoms. The smallest absolute Gasteiger partial charge is 0.00240 e. The third-order valence-corrected chi connectivity index (χ3v) is 6.33. The molecule has 142 valence electrons. The van der Waals surface area contributed by atoms with Gasteiger partial charge in [0.1, 0.15) is 0 Å². The van der Waals surface area contributed by atoms with Gasteiger partial charge in [0.05, 0.1) is 0 Å². The fourth-order valence-corrected chi connectivity index (χ4v) is 4.91. The first-order valence-corrected chi connectivity index (χ1v) is 11.3. The number of benzene rings is 4. The van der Waals surface area contributed by atoms with Gasteiger partial charge >= 0.3 is 0 Å². The van der Waals surface area contributed by atoms with Crippen LogP contribution in [0, 0.1) is 5.92 Å². The Morgan fingerprint density at radius 3 is 2.36 bits per heavy atom. The lowest BCUT2D eigenvalue weighted by molar-refractivity contribution is 0.517. The van der Waals surface area contributed by atoms with Crippen LogP contribution < -0.4 is 0 Å². The molecule has 0 aliphatic rings. The Labute approximate surface area is 172 Å². The molecule has 28 heavy (non-hydrogen) atoms. The zero-order valence-corrected chi connectivity index (χ0v) is 17.5. The monoisotopic (exact) mass is 384 g/mol. The van der Waals surface area contributed by atoms with Crippen molar-refractivity contribution in [3.63, 3.8) is 0 Å². The van der Waals surface area contributed by atoms with Gasteiger partial charge in [-0.05, 0) is 80.3 Å². The Kier molecular flexibility index (Phi) is 6.02. The molecule has 4 aromatic carbocycles. The molecule has 0 amide bonds. The second-order valence-corrected chi connectivity index (χ2v) is 8.53. The van der Waals surface area contributed by atoms with E-state index in [1.807, 2.05) is 5.41 Å². The Morgan fingerprint density at radius 1 is 0.893 bits per heavy atom. The second kappa shape index (κ2) is 8.84. The minimum Gasteiger partial charge on any atom is -0.107 e. The zero-order valence-electron chi connectivity index (χ0n) is 16.7. The molecule has 1 unspecified atom stereocenters. The number of hydrogen-bond donors (Lipinski definition) is 0. The lowest BCUT2D eigenvalue weighted by atomic mass is 9.89. The van der Waals surface area contributed by atoms with E-state index in [0.29, 0.717) is 5.92 Å². The van der Waals surface area contributed by atoms with E-state index in [1.54, 1.807) is 11.8 Å². The Hall–Kier alpha value is -2.25. The quantitative estimate of drug-likeness (QED) is 0.260. The molecule has 4 aromatic rings. The minimum absolute atomic E-state index is 0.678. The van der Waals surface area contributed by atoms with E-state index in [-0.39, 0.29) is 0 Å². The molecule has 0 aliphatic carbocycles. The fourth-order valence-electron chi connectivity index (χ4n) is 4.49. The van der Waals surface area contributed by atoms with E-state index in [1.165, 1.54) is 63.6 Å². The number of aryl methyl sites for hydroxylation is 1. The molecule has 0 radical (unpaired) electrons. The van der Waals surface area contributed by atoms with Crippen LogP contribution in [0.4, 0.5) is 0 Å². The van der Waals surface area contributed by atoms with Crippen LogP contribution in [-0.4, -0.2) is 0 Å². The van der Waals surface area contributed by atoms with Crippen LogP contribution in [0.5, 0.6) is 0 Å². The second-order valence-electron chi connectivity index (χ2n) is 7.65. The number of hydrogen-bond acceptors (Lipinski definition) is 1. The lowest BCUT2D eigenvalue weighted by Crippen LogP contribution is -1.98. The van der Waals surface area contributed by atoms with Gasteiger partial charge < -0.3 is 0 Å². The maximum absolute atomic E-state index is 3.78. The summed E-state index contributed by atoms with van der Waals surface area (Å²) in [7, 11) is 0. The van der Waals surface area contributed by atoms with Crippen LogP contribution in [0.15, 0.2) is 78.1 Å². The molecular formula is C27H28S. The summed E-state index contributed by atoms with van der Waals surface area (Å²) in [5.41, 5.74) is 1.49. The van der Waals surface area contributed by atoms with Crippen molar-refractivity contribution in [1.29, 1.82) is 0 Å². The standard InChI is InChI=1S/C27H28S/c1-3-7-20(18-19-28-4-2)8-5-9-21-12-13-24-15-14-22-10-6-11-23-16-17-25(21)27(24)26(22)23/h4,6,10-20H,2-3,5,7-9H2,1H3/b19-18-. The van der Waals surface area contributed by atoms with E-state index in [9.17, 15) is 0 Å². The Bertz CT molecular complexity index is 1090. The van der Waals surface area contributed by atoms with Crippen molar-refractivity contribution in [1.82, 2.24) is 0 Å². The van der Waals surface area contributed by atoms with Crippen LogP contribution in [0.1, 0.15) is 38.2 Å². The van der Waals surface area contributed by atoms with Crippen molar-refractivity contribution in [3.8, 4) is 0 Å². The normalized spacial score (nSPS) is 13.2. The fraction of sp³-hybridized carbons (Fsp3) is 0.259.